The summed E-state index contributed by atoms with van der Waals surface area (Å²) in [6.45, 7) is 2.38. The van der Waals surface area contributed by atoms with Crippen LogP contribution in [0.3, 0.4) is 0 Å². The van der Waals surface area contributed by atoms with Gasteiger partial charge in [0.25, 0.3) is 15.9 Å². The number of amides is 1. The summed E-state index contributed by atoms with van der Waals surface area (Å²) >= 11 is 0. The fourth-order valence-electron chi connectivity index (χ4n) is 1.75. The monoisotopic (exact) mass is 284 g/mol. The highest BCUT2D eigenvalue weighted by Gasteiger charge is 2.30. The molecule has 1 atom stereocenters. The number of sulfonamides is 1. The van der Waals surface area contributed by atoms with Gasteiger partial charge in [0.05, 0.1) is 11.3 Å². The summed E-state index contributed by atoms with van der Waals surface area (Å²) in [4.78, 5) is 13.7. The van der Waals surface area contributed by atoms with Gasteiger partial charge in [-0.15, -0.1) is 4.40 Å². The molecule has 104 valence electrons. The van der Waals surface area contributed by atoms with Crippen molar-refractivity contribution in [3.63, 3.8) is 0 Å². The second-order valence-electron chi connectivity index (χ2n) is 4.43. The topological polar surface area (TPSA) is 105 Å². The number of hydrogen-bond acceptors (Lipinski definition) is 5. The van der Waals surface area contributed by atoms with Crippen LogP contribution in [0.4, 0.5) is 0 Å². The minimum atomic E-state index is -3.49. The zero-order chi connectivity index (χ0) is 14.0. The fraction of sp³-hybridized carbons (Fsp3) is 0.455. The second kappa shape index (κ2) is 5.14. The number of carbonyl (C=O) groups is 1. The van der Waals surface area contributed by atoms with E-state index >= 15 is 0 Å². The lowest BCUT2D eigenvalue weighted by Crippen LogP contribution is -2.45. The molecule has 8 heteroatoms. The molecule has 0 aromatic heterocycles. The number of nitrogens with one attached hydrogen (secondary N) is 1. The van der Waals surface area contributed by atoms with E-state index in [-0.39, 0.29) is 29.1 Å². The lowest BCUT2D eigenvalue weighted by molar-refractivity contribution is -0.117. The smallest absolute Gasteiger partial charge is 0.256 e. The van der Waals surface area contributed by atoms with Crippen LogP contribution in [-0.4, -0.2) is 49.9 Å². The molecule has 3 N–H and O–H groups in total. The Morgan fingerprint density at radius 1 is 1.63 bits per heavy atom. The molecule has 2 heterocycles. The lowest BCUT2D eigenvalue weighted by Gasteiger charge is -2.29. The van der Waals surface area contributed by atoms with Crippen molar-refractivity contribution >= 4 is 21.8 Å². The van der Waals surface area contributed by atoms with Crippen molar-refractivity contribution in [3.8, 4) is 0 Å². The number of allylic oxidation sites excluding steroid dienone is 2. The van der Waals surface area contributed by atoms with E-state index in [4.69, 9.17) is 5.73 Å². The summed E-state index contributed by atoms with van der Waals surface area (Å²) in [7, 11) is -3.49. The average Bonchev–Trinajstić information content (AvgIpc) is 2.36. The maximum absolute atomic E-state index is 12.1. The molecule has 0 aliphatic carbocycles. The van der Waals surface area contributed by atoms with Crippen LogP contribution < -0.4 is 11.1 Å². The molecule has 0 aromatic carbocycles. The van der Waals surface area contributed by atoms with Gasteiger partial charge in [0, 0.05) is 25.3 Å². The normalized spacial score (nSPS) is 22.1. The molecule has 2 aliphatic heterocycles. The molecule has 19 heavy (non-hydrogen) atoms. The lowest BCUT2D eigenvalue weighted by atomic mass is 10.1. The maximum atomic E-state index is 12.1. The van der Waals surface area contributed by atoms with Crippen molar-refractivity contribution < 1.29 is 13.2 Å². The standard InChI is InChI=1S/C11H16N4O3S/c1-8(7-12)13-11(16)9-3-2-4-15-5-6-19(17,18)14-10(9)15/h2-4,8H,5-7,12H2,1H3,(H,13,16)/t8-/m0/s1. The molecule has 0 fully saturated rings. The molecule has 0 aromatic rings. The number of amidine groups is 1. The highest BCUT2D eigenvalue weighted by molar-refractivity contribution is 7.90. The average molecular weight is 284 g/mol. The third-order valence-corrected chi connectivity index (χ3v) is 3.98. The van der Waals surface area contributed by atoms with E-state index < -0.39 is 10.0 Å². The summed E-state index contributed by atoms with van der Waals surface area (Å²) in [5.74, 6) is -0.242. The molecular weight excluding hydrogens is 268 g/mol. The Labute approximate surface area is 111 Å². The largest absolute Gasteiger partial charge is 0.348 e. The van der Waals surface area contributed by atoms with Gasteiger partial charge in [0.1, 0.15) is 0 Å². The molecule has 0 saturated heterocycles. The SMILES string of the molecule is C[C@@H](CN)NC(=O)C1=CC=CN2CCS(=O)(=O)N=C12. The van der Waals surface area contributed by atoms with Gasteiger partial charge in [-0.1, -0.05) is 0 Å². The van der Waals surface area contributed by atoms with Crippen molar-refractivity contribution in [1.82, 2.24) is 10.2 Å². The minimum absolute atomic E-state index is 0.0467. The van der Waals surface area contributed by atoms with Crippen LogP contribution in [0.2, 0.25) is 0 Å². The van der Waals surface area contributed by atoms with Crippen molar-refractivity contribution in [2.45, 2.75) is 13.0 Å². The van der Waals surface area contributed by atoms with E-state index in [9.17, 15) is 13.2 Å². The Kier molecular flexibility index (Phi) is 3.72. The second-order valence-corrected chi connectivity index (χ2v) is 6.18. The van der Waals surface area contributed by atoms with E-state index in [1.54, 1.807) is 30.2 Å². The van der Waals surface area contributed by atoms with Gasteiger partial charge in [0.2, 0.25) is 0 Å². The summed E-state index contributed by atoms with van der Waals surface area (Å²) in [6.07, 6.45) is 4.95. The van der Waals surface area contributed by atoms with Gasteiger partial charge in [-0.25, -0.2) is 8.42 Å². The number of rotatable bonds is 3. The van der Waals surface area contributed by atoms with Gasteiger partial charge in [0.15, 0.2) is 5.84 Å². The van der Waals surface area contributed by atoms with Crippen molar-refractivity contribution in [3.05, 3.63) is 23.9 Å². The number of fused-ring (bicyclic) bond motifs is 1. The van der Waals surface area contributed by atoms with Crippen LogP contribution in [0.15, 0.2) is 28.3 Å². The molecule has 7 nitrogen and oxygen atoms in total. The Morgan fingerprint density at radius 2 is 2.37 bits per heavy atom. The number of nitrogens with two attached hydrogens (primary N) is 1. The highest BCUT2D eigenvalue weighted by Crippen LogP contribution is 2.17. The Balaban J connectivity index is 2.29. The van der Waals surface area contributed by atoms with E-state index in [0.29, 0.717) is 13.1 Å². The van der Waals surface area contributed by atoms with Gasteiger partial charge in [-0.2, -0.15) is 0 Å². The Morgan fingerprint density at radius 3 is 3.05 bits per heavy atom. The summed E-state index contributed by atoms with van der Waals surface area (Å²) < 4.78 is 26.7. The predicted octanol–water partition coefficient (Wildman–Crippen LogP) is -1.05. The van der Waals surface area contributed by atoms with Crippen LogP contribution in [0, 0.1) is 0 Å². The first kappa shape index (κ1) is 13.8. The Bertz CT molecular complexity index is 577. The van der Waals surface area contributed by atoms with E-state index in [1.165, 1.54) is 0 Å². The third-order valence-electron chi connectivity index (χ3n) is 2.83. The van der Waals surface area contributed by atoms with Crippen LogP contribution in [-0.2, 0) is 14.8 Å². The van der Waals surface area contributed by atoms with Crippen LogP contribution in [0.25, 0.3) is 0 Å². The molecular formula is C11H16N4O3S. The minimum Gasteiger partial charge on any atom is -0.348 e. The molecule has 2 aliphatic rings. The molecule has 0 unspecified atom stereocenters. The summed E-state index contributed by atoms with van der Waals surface area (Å²) in [5, 5.41) is 2.69. The summed E-state index contributed by atoms with van der Waals surface area (Å²) in [5.41, 5.74) is 5.68. The van der Waals surface area contributed by atoms with Gasteiger partial charge in [-0.05, 0) is 19.1 Å². The van der Waals surface area contributed by atoms with Crippen molar-refractivity contribution in [2.75, 3.05) is 18.8 Å². The first-order chi connectivity index (χ1) is 8.93. The van der Waals surface area contributed by atoms with Gasteiger partial charge in [-0.3, -0.25) is 4.79 Å². The number of nitrogens with zero attached hydrogens (tertiary/aromatic N) is 2. The third kappa shape index (κ3) is 3.02. The Hall–Kier alpha value is -1.67. The number of hydrogen-bond donors (Lipinski definition) is 2. The first-order valence-electron chi connectivity index (χ1n) is 5.92. The zero-order valence-corrected chi connectivity index (χ0v) is 11.4. The van der Waals surface area contributed by atoms with Crippen molar-refractivity contribution in [2.24, 2.45) is 10.1 Å². The predicted molar refractivity (Wildman–Crippen MR) is 71.8 cm³/mol. The molecule has 0 saturated carbocycles. The van der Waals surface area contributed by atoms with E-state index in [1.807, 2.05) is 0 Å². The van der Waals surface area contributed by atoms with Crippen LogP contribution in [0.1, 0.15) is 6.92 Å². The number of carbonyl (C=O) groups excluding carboxylic acids is 1. The van der Waals surface area contributed by atoms with Crippen molar-refractivity contribution in [1.29, 1.82) is 0 Å². The molecule has 0 bridgehead atoms. The molecule has 0 spiro atoms. The molecule has 1 amide bonds. The maximum Gasteiger partial charge on any atom is 0.256 e. The zero-order valence-electron chi connectivity index (χ0n) is 10.5. The molecule has 0 radical (unpaired) electrons. The highest BCUT2D eigenvalue weighted by atomic mass is 32.2. The van der Waals surface area contributed by atoms with E-state index in [2.05, 4.69) is 9.71 Å². The van der Waals surface area contributed by atoms with Gasteiger partial charge >= 0.3 is 0 Å². The van der Waals surface area contributed by atoms with Crippen LogP contribution in [0.5, 0.6) is 0 Å². The van der Waals surface area contributed by atoms with E-state index in [0.717, 1.165) is 0 Å². The van der Waals surface area contributed by atoms with Gasteiger partial charge < -0.3 is 16.0 Å². The fourth-order valence-corrected chi connectivity index (χ4v) is 2.74. The summed E-state index contributed by atoms with van der Waals surface area (Å²) in [6, 6.07) is -0.187. The van der Waals surface area contributed by atoms with Crippen LogP contribution >= 0.6 is 0 Å². The first-order valence-corrected chi connectivity index (χ1v) is 7.53. The quantitative estimate of drug-likeness (QED) is 0.688. The molecule has 2 rings (SSSR count).